The first-order valence-corrected chi connectivity index (χ1v) is 10.6. The van der Waals surface area contributed by atoms with Gasteiger partial charge < -0.3 is 10.2 Å². The summed E-state index contributed by atoms with van der Waals surface area (Å²) >= 11 is 7.63. The lowest BCUT2D eigenvalue weighted by Crippen LogP contribution is -2.29. The summed E-state index contributed by atoms with van der Waals surface area (Å²) in [5.41, 5.74) is 3.35. The second-order valence-electron chi connectivity index (χ2n) is 6.70. The average molecular weight is 403 g/mol. The molecule has 4 nitrogen and oxygen atoms in total. The molecule has 142 valence electrons. The zero-order valence-corrected chi connectivity index (χ0v) is 16.9. The summed E-state index contributed by atoms with van der Waals surface area (Å²) in [7, 11) is 0. The van der Waals surface area contributed by atoms with Gasteiger partial charge in [0.25, 0.3) is 5.91 Å². The lowest BCUT2D eigenvalue weighted by Gasteiger charge is -2.14. The highest BCUT2D eigenvalue weighted by Gasteiger charge is 2.17. The van der Waals surface area contributed by atoms with Crippen molar-refractivity contribution in [2.24, 2.45) is 0 Å². The van der Waals surface area contributed by atoms with Gasteiger partial charge in [-0.3, -0.25) is 9.59 Å². The summed E-state index contributed by atoms with van der Waals surface area (Å²) in [6, 6.07) is 12.9. The van der Waals surface area contributed by atoms with Gasteiger partial charge in [-0.2, -0.15) is 0 Å². The number of aryl methyl sites for hydroxylation is 1. The van der Waals surface area contributed by atoms with Gasteiger partial charge in [0.05, 0.1) is 5.75 Å². The largest absolute Gasteiger partial charge is 0.342 e. The molecule has 1 saturated heterocycles. The highest BCUT2D eigenvalue weighted by atomic mass is 35.5. The topological polar surface area (TPSA) is 49.4 Å². The van der Waals surface area contributed by atoms with Crippen LogP contribution in [0.5, 0.6) is 0 Å². The third kappa shape index (κ3) is 5.50. The van der Waals surface area contributed by atoms with Gasteiger partial charge in [0.2, 0.25) is 5.91 Å². The molecule has 0 saturated carbocycles. The minimum Gasteiger partial charge on any atom is -0.342 e. The average Bonchev–Trinajstić information content (AvgIpc) is 3.20. The monoisotopic (exact) mass is 402 g/mol. The van der Waals surface area contributed by atoms with E-state index in [0.717, 1.165) is 48.5 Å². The van der Waals surface area contributed by atoms with Gasteiger partial charge in [-0.25, -0.2) is 0 Å². The number of nitrogens with one attached hydrogen (secondary N) is 1. The van der Waals surface area contributed by atoms with E-state index in [0.29, 0.717) is 16.3 Å². The summed E-state index contributed by atoms with van der Waals surface area (Å²) in [6.45, 7) is 3.70. The lowest BCUT2D eigenvalue weighted by molar-refractivity contribution is -0.127. The van der Waals surface area contributed by atoms with Crippen LogP contribution in [0.25, 0.3) is 0 Å². The molecule has 1 aliphatic rings. The van der Waals surface area contributed by atoms with Gasteiger partial charge >= 0.3 is 0 Å². The zero-order chi connectivity index (χ0) is 19.2. The Morgan fingerprint density at radius 2 is 1.81 bits per heavy atom. The second kappa shape index (κ2) is 9.29. The van der Waals surface area contributed by atoms with Crippen molar-refractivity contribution in [3.05, 3.63) is 64.2 Å². The number of halogens is 1. The van der Waals surface area contributed by atoms with Crippen molar-refractivity contribution in [1.29, 1.82) is 0 Å². The van der Waals surface area contributed by atoms with E-state index in [9.17, 15) is 9.59 Å². The minimum atomic E-state index is -0.153. The third-order valence-corrected chi connectivity index (χ3v) is 6.00. The molecule has 1 aliphatic heterocycles. The highest BCUT2D eigenvalue weighted by molar-refractivity contribution is 7.99. The molecule has 2 amide bonds. The van der Waals surface area contributed by atoms with Crippen LogP contribution in [0.15, 0.2) is 42.5 Å². The number of amides is 2. The molecule has 0 radical (unpaired) electrons. The summed E-state index contributed by atoms with van der Waals surface area (Å²) in [4.78, 5) is 26.4. The number of hydrogen-bond donors (Lipinski definition) is 1. The van der Waals surface area contributed by atoms with Crippen LogP contribution in [0, 0.1) is 6.92 Å². The Balaban J connectivity index is 1.49. The van der Waals surface area contributed by atoms with E-state index in [1.54, 1.807) is 23.9 Å². The number of likely N-dealkylation sites (tertiary alicyclic amines) is 1. The summed E-state index contributed by atoms with van der Waals surface area (Å²) in [6.07, 6.45) is 2.24. The van der Waals surface area contributed by atoms with E-state index in [1.165, 1.54) is 0 Å². The van der Waals surface area contributed by atoms with Gasteiger partial charge in [0, 0.05) is 35.1 Å². The molecule has 1 N–H and O–H groups in total. The number of carbonyl (C=O) groups is 2. The molecule has 27 heavy (non-hydrogen) atoms. The first-order valence-electron chi connectivity index (χ1n) is 9.05. The molecule has 6 heteroatoms. The fourth-order valence-corrected chi connectivity index (χ4v) is 4.00. The van der Waals surface area contributed by atoms with Gasteiger partial charge in [0.15, 0.2) is 0 Å². The fourth-order valence-electron chi connectivity index (χ4n) is 2.99. The van der Waals surface area contributed by atoms with Crippen molar-refractivity contribution in [3.63, 3.8) is 0 Å². The normalized spacial score (nSPS) is 13.6. The zero-order valence-electron chi connectivity index (χ0n) is 15.3. The molecule has 0 bridgehead atoms. The van der Waals surface area contributed by atoms with Gasteiger partial charge in [-0.05, 0) is 61.2 Å². The Labute approximate surface area is 169 Å². The summed E-state index contributed by atoms with van der Waals surface area (Å²) in [5.74, 6) is 1.35. The third-order valence-electron chi connectivity index (χ3n) is 4.58. The Morgan fingerprint density at radius 1 is 1.11 bits per heavy atom. The van der Waals surface area contributed by atoms with Crippen LogP contribution in [0.2, 0.25) is 5.02 Å². The van der Waals surface area contributed by atoms with E-state index >= 15 is 0 Å². The number of hydrogen-bond acceptors (Lipinski definition) is 3. The molecular formula is C21H23ClN2O2S. The molecule has 1 fully saturated rings. The number of benzene rings is 2. The Bertz CT molecular complexity index is 817. The smallest absolute Gasteiger partial charge is 0.255 e. The quantitative estimate of drug-likeness (QED) is 0.758. The van der Waals surface area contributed by atoms with Crippen LogP contribution in [-0.2, 0) is 10.5 Å². The van der Waals surface area contributed by atoms with Crippen molar-refractivity contribution in [1.82, 2.24) is 4.90 Å². The second-order valence-corrected chi connectivity index (χ2v) is 8.09. The minimum absolute atomic E-state index is 0.153. The highest BCUT2D eigenvalue weighted by Crippen LogP contribution is 2.20. The molecule has 2 aromatic rings. The predicted molar refractivity (Wildman–Crippen MR) is 113 cm³/mol. The van der Waals surface area contributed by atoms with E-state index < -0.39 is 0 Å². The first kappa shape index (κ1) is 19.8. The molecule has 0 aliphatic carbocycles. The Morgan fingerprint density at radius 3 is 2.48 bits per heavy atom. The molecule has 0 unspecified atom stereocenters. The van der Waals surface area contributed by atoms with Crippen LogP contribution in [0.1, 0.15) is 34.3 Å². The Hall–Kier alpha value is -1.98. The van der Waals surface area contributed by atoms with Crippen LogP contribution in [-0.4, -0.2) is 35.6 Å². The van der Waals surface area contributed by atoms with Crippen LogP contribution < -0.4 is 5.32 Å². The SMILES string of the molecule is Cc1cc(NC(=O)c2ccc(CSCC(=O)N3CCCC3)cc2)ccc1Cl. The molecule has 0 spiro atoms. The van der Waals surface area contributed by atoms with E-state index in [4.69, 9.17) is 11.6 Å². The molecule has 0 aromatic heterocycles. The van der Waals surface area contributed by atoms with Crippen LogP contribution >= 0.6 is 23.4 Å². The van der Waals surface area contributed by atoms with E-state index in [-0.39, 0.29) is 11.8 Å². The maximum absolute atomic E-state index is 12.4. The lowest BCUT2D eigenvalue weighted by atomic mass is 10.1. The number of rotatable bonds is 6. The van der Waals surface area contributed by atoms with Crippen molar-refractivity contribution < 1.29 is 9.59 Å². The molecular weight excluding hydrogens is 380 g/mol. The van der Waals surface area contributed by atoms with Crippen LogP contribution in [0.3, 0.4) is 0 Å². The number of thioether (sulfide) groups is 1. The maximum Gasteiger partial charge on any atom is 0.255 e. The first-order chi connectivity index (χ1) is 13.0. The van der Waals surface area contributed by atoms with E-state index in [1.807, 2.05) is 42.2 Å². The standard InChI is InChI=1S/C21H23ClN2O2S/c1-15-12-18(8-9-19(15)22)23-21(26)17-6-4-16(5-7-17)13-27-14-20(25)24-10-2-3-11-24/h4-9,12H,2-3,10-11,13-14H2,1H3,(H,23,26). The molecule has 3 rings (SSSR count). The molecule has 1 heterocycles. The molecule has 0 atom stereocenters. The Kier molecular flexibility index (Phi) is 6.80. The molecule has 2 aromatic carbocycles. The van der Waals surface area contributed by atoms with Gasteiger partial charge in [-0.15, -0.1) is 11.8 Å². The van der Waals surface area contributed by atoms with Crippen molar-refractivity contribution in [3.8, 4) is 0 Å². The van der Waals surface area contributed by atoms with Gasteiger partial charge in [-0.1, -0.05) is 23.7 Å². The van der Waals surface area contributed by atoms with Crippen molar-refractivity contribution >= 4 is 40.9 Å². The number of anilines is 1. The summed E-state index contributed by atoms with van der Waals surface area (Å²) in [5, 5.41) is 3.56. The maximum atomic E-state index is 12.4. The van der Waals surface area contributed by atoms with Crippen molar-refractivity contribution in [2.45, 2.75) is 25.5 Å². The van der Waals surface area contributed by atoms with Gasteiger partial charge in [0.1, 0.15) is 0 Å². The van der Waals surface area contributed by atoms with Crippen molar-refractivity contribution in [2.75, 3.05) is 24.2 Å². The number of carbonyl (C=O) groups excluding carboxylic acids is 2. The van der Waals surface area contributed by atoms with E-state index in [2.05, 4.69) is 5.32 Å². The summed E-state index contributed by atoms with van der Waals surface area (Å²) < 4.78 is 0. The fraction of sp³-hybridized carbons (Fsp3) is 0.333. The van der Waals surface area contributed by atoms with Crippen LogP contribution in [0.4, 0.5) is 5.69 Å². The predicted octanol–water partition coefficient (Wildman–Crippen LogP) is 4.76. The number of nitrogens with zero attached hydrogens (tertiary/aromatic N) is 1.